The smallest absolute Gasteiger partial charge is 0.341 e. The molecule has 1 atom stereocenters. The van der Waals surface area contributed by atoms with Crippen LogP contribution in [0.3, 0.4) is 0 Å². The van der Waals surface area contributed by atoms with Crippen molar-refractivity contribution in [1.82, 2.24) is 10.2 Å². The molecular weight excluding hydrogens is 400 g/mol. The molecule has 2 saturated heterocycles. The number of imide groups is 1. The van der Waals surface area contributed by atoms with E-state index in [1.54, 1.807) is 24.3 Å². The summed E-state index contributed by atoms with van der Waals surface area (Å²) in [4.78, 5) is 48.6. The van der Waals surface area contributed by atoms with Gasteiger partial charge in [-0.2, -0.15) is 0 Å². The maximum Gasteiger partial charge on any atom is 0.341 e. The zero-order valence-electron chi connectivity index (χ0n) is 15.5. The molecule has 154 valence electrons. The molecule has 2 aliphatic rings. The van der Waals surface area contributed by atoms with Crippen LogP contribution in [0.2, 0.25) is 0 Å². The molecule has 2 fully saturated rings. The van der Waals surface area contributed by atoms with Gasteiger partial charge < -0.3 is 19.9 Å². The number of thioether (sulfide) groups is 1. The average Bonchev–Trinajstić information content (AvgIpc) is 3.30. The Kier molecular flexibility index (Phi) is 6.89. The van der Waals surface area contributed by atoms with Crippen molar-refractivity contribution < 1.29 is 33.8 Å². The Balaban J connectivity index is 1.64. The molecular formula is C19H20N2O7S. The predicted octanol–water partition coefficient (Wildman–Crippen LogP) is 1.48. The number of hydrogen-bond acceptors (Lipinski definition) is 7. The quantitative estimate of drug-likeness (QED) is 0.607. The number of carbonyl (C=O) groups excluding carboxylic acids is 3. The summed E-state index contributed by atoms with van der Waals surface area (Å²) < 4.78 is 10.6. The predicted molar refractivity (Wildman–Crippen MR) is 104 cm³/mol. The van der Waals surface area contributed by atoms with E-state index < -0.39 is 29.6 Å². The number of carbonyl (C=O) groups is 4. The fourth-order valence-corrected chi connectivity index (χ4v) is 3.71. The first kappa shape index (κ1) is 20.9. The van der Waals surface area contributed by atoms with E-state index in [0.717, 1.165) is 29.5 Å². The van der Waals surface area contributed by atoms with E-state index in [1.165, 1.54) is 6.08 Å². The molecule has 0 aromatic heterocycles. The number of nitrogens with one attached hydrogen (secondary N) is 1. The van der Waals surface area contributed by atoms with Gasteiger partial charge in [-0.05, 0) is 36.7 Å². The highest BCUT2D eigenvalue weighted by Gasteiger charge is 2.36. The third-order valence-electron chi connectivity index (χ3n) is 4.28. The zero-order valence-corrected chi connectivity index (χ0v) is 16.3. The van der Waals surface area contributed by atoms with E-state index in [-0.39, 0.29) is 23.3 Å². The van der Waals surface area contributed by atoms with Crippen LogP contribution in [-0.4, -0.2) is 65.4 Å². The van der Waals surface area contributed by atoms with Crippen LogP contribution in [0.1, 0.15) is 18.4 Å². The molecule has 29 heavy (non-hydrogen) atoms. The number of rotatable bonds is 8. The normalized spacial score (nSPS) is 20.3. The number of nitrogens with zero attached hydrogens (tertiary/aromatic N) is 1. The molecule has 0 unspecified atom stereocenters. The molecule has 10 heteroatoms. The Labute approximate surface area is 171 Å². The molecule has 1 aromatic carbocycles. The maximum atomic E-state index is 12.6. The molecule has 9 nitrogen and oxygen atoms in total. The van der Waals surface area contributed by atoms with Gasteiger partial charge in [0, 0.05) is 18.7 Å². The number of hydrogen-bond donors (Lipinski definition) is 2. The molecule has 0 bridgehead atoms. The topological polar surface area (TPSA) is 122 Å². The average molecular weight is 420 g/mol. The second-order valence-corrected chi connectivity index (χ2v) is 7.42. The lowest BCUT2D eigenvalue weighted by atomic mass is 10.2. The molecule has 2 heterocycles. The number of carboxylic acid groups (broad SMARTS) is 1. The van der Waals surface area contributed by atoms with Crippen molar-refractivity contribution in [2.75, 3.05) is 26.3 Å². The lowest BCUT2D eigenvalue weighted by molar-refractivity contribution is -0.139. The van der Waals surface area contributed by atoms with Crippen molar-refractivity contribution in [1.29, 1.82) is 0 Å². The van der Waals surface area contributed by atoms with Crippen LogP contribution in [0.15, 0.2) is 29.2 Å². The summed E-state index contributed by atoms with van der Waals surface area (Å²) in [5.74, 6) is -1.88. The minimum atomic E-state index is -1.13. The first-order chi connectivity index (χ1) is 13.9. The third-order valence-corrected chi connectivity index (χ3v) is 5.19. The van der Waals surface area contributed by atoms with Gasteiger partial charge in [0.05, 0.1) is 11.0 Å². The Bertz CT molecular complexity index is 849. The van der Waals surface area contributed by atoms with Gasteiger partial charge in [-0.15, -0.1) is 0 Å². The Hall–Kier alpha value is -2.85. The summed E-state index contributed by atoms with van der Waals surface area (Å²) in [5.41, 5.74) is 0.460. The molecule has 0 saturated carbocycles. The molecule has 3 amide bonds. The molecule has 1 aromatic rings. The number of carboxylic acids is 1. The second-order valence-electron chi connectivity index (χ2n) is 6.43. The Morgan fingerprint density at radius 2 is 2.14 bits per heavy atom. The van der Waals surface area contributed by atoms with E-state index in [2.05, 4.69) is 5.32 Å². The molecule has 0 radical (unpaired) electrons. The summed E-state index contributed by atoms with van der Waals surface area (Å²) >= 11 is 0.717. The van der Waals surface area contributed by atoms with Gasteiger partial charge in [-0.1, -0.05) is 18.2 Å². The number of para-hydroxylation sites is 1. The number of ether oxygens (including phenoxy) is 2. The fraction of sp³-hybridized carbons (Fsp3) is 0.368. The number of aliphatic carboxylic acids is 1. The minimum Gasteiger partial charge on any atom is -0.481 e. The van der Waals surface area contributed by atoms with Gasteiger partial charge in [-0.25, -0.2) is 4.79 Å². The summed E-state index contributed by atoms with van der Waals surface area (Å²) in [6.45, 7) is 0.119. The van der Waals surface area contributed by atoms with Crippen molar-refractivity contribution in [3.05, 3.63) is 34.7 Å². The highest BCUT2D eigenvalue weighted by molar-refractivity contribution is 8.18. The van der Waals surface area contributed by atoms with E-state index in [1.807, 2.05) is 0 Å². The van der Waals surface area contributed by atoms with Gasteiger partial charge in [-0.3, -0.25) is 19.3 Å². The standard InChI is InChI=1S/C19H20N2O7S/c22-16(20-9-13-5-3-7-27-13)10-21-18(25)15(29-19(21)26)8-12-4-1-2-6-14(12)28-11-17(23)24/h1-2,4,6,8,13H,3,5,7,9-11H2,(H,20,22)(H,23,24)/b15-8-/t13-/m1/s1. The summed E-state index contributed by atoms with van der Waals surface area (Å²) in [6, 6.07) is 6.57. The lowest BCUT2D eigenvalue weighted by Gasteiger charge is -2.14. The SMILES string of the molecule is O=C(O)COc1ccccc1/C=C1\SC(=O)N(CC(=O)NC[C@H]2CCCO2)C1=O. The van der Waals surface area contributed by atoms with Gasteiger partial charge >= 0.3 is 5.97 Å². The summed E-state index contributed by atoms with van der Waals surface area (Å²) in [6.07, 6.45) is 3.24. The van der Waals surface area contributed by atoms with Gasteiger partial charge in [0.25, 0.3) is 11.1 Å². The maximum absolute atomic E-state index is 12.6. The highest BCUT2D eigenvalue weighted by atomic mass is 32.2. The van der Waals surface area contributed by atoms with Crippen molar-refractivity contribution >= 4 is 40.9 Å². The van der Waals surface area contributed by atoms with Crippen LogP contribution < -0.4 is 10.1 Å². The van der Waals surface area contributed by atoms with Crippen molar-refractivity contribution in [2.45, 2.75) is 18.9 Å². The van der Waals surface area contributed by atoms with E-state index in [4.69, 9.17) is 14.6 Å². The molecule has 2 N–H and O–H groups in total. The van der Waals surface area contributed by atoms with Crippen LogP contribution in [-0.2, 0) is 19.1 Å². The van der Waals surface area contributed by atoms with Crippen molar-refractivity contribution in [3.8, 4) is 5.75 Å². The van der Waals surface area contributed by atoms with E-state index in [0.29, 0.717) is 18.7 Å². The minimum absolute atomic E-state index is 0.0314. The van der Waals surface area contributed by atoms with Crippen LogP contribution in [0, 0.1) is 0 Å². The zero-order chi connectivity index (χ0) is 20.8. The number of amides is 3. The first-order valence-electron chi connectivity index (χ1n) is 9.01. The van der Waals surface area contributed by atoms with Crippen LogP contribution in [0.25, 0.3) is 6.08 Å². The van der Waals surface area contributed by atoms with Crippen LogP contribution in [0.5, 0.6) is 5.75 Å². The first-order valence-corrected chi connectivity index (χ1v) is 9.83. The van der Waals surface area contributed by atoms with E-state index in [9.17, 15) is 19.2 Å². The summed E-state index contributed by atoms with van der Waals surface area (Å²) in [7, 11) is 0. The van der Waals surface area contributed by atoms with Crippen LogP contribution in [0.4, 0.5) is 4.79 Å². The van der Waals surface area contributed by atoms with Gasteiger partial charge in [0.1, 0.15) is 12.3 Å². The largest absolute Gasteiger partial charge is 0.481 e. The van der Waals surface area contributed by atoms with Gasteiger partial charge in [0.2, 0.25) is 5.91 Å². The monoisotopic (exact) mass is 420 g/mol. The molecule has 3 rings (SSSR count). The lowest BCUT2D eigenvalue weighted by Crippen LogP contribution is -2.41. The second kappa shape index (κ2) is 9.57. The van der Waals surface area contributed by atoms with E-state index >= 15 is 0 Å². The third kappa shape index (κ3) is 5.58. The van der Waals surface area contributed by atoms with Crippen molar-refractivity contribution in [3.63, 3.8) is 0 Å². The van der Waals surface area contributed by atoms with Gasteiger partial charge in [0.15, 0.2) is 6.61 Å². The number of benzene rings is 1. The van der Waals surface area contributed by atoms with Crippen molar-refractivity contribution in [2.24, 2.45) is 0 Å². The molecule has 0 spiro atoms. The van der Waals surface area contributed by atoms with Crippen LogP contribution >= 0.6 is 11.8 Å². The molecule has 0 aliphatic carbocycles. The molecule has 2 aliphatic heterocycles. The summed E-state index contributed by atoms with van der Waals surface area (Å²) in [5, 5.41) is 10.9. The highest BCUT2D eigenvalue weighted by Crippen LogP contribution is 2.33. The fourth-order valence-electron chi connectivity index (χ4n) is 2.88. The Morgan fingerprint density at radius 1 is 1.34 bits per heavy atom. The Morgan fingerprint density at radius 3 is 2.86 bits per heavy atom.